The third-order valence-corrected chi connectivity index (χ3v) is 5.98. The predicted octanol–water partition coefficient (Wildman–Crippen LogP) is 3.33. The number of nitrogens with one attached hydrogen (secondary N) is 1. The van der Waals surface area contributed by atoms with Crippen LogP contribution in [0.5, 0.6) is 5.75 Å². The Morgan fingerprint density at radius 3 is 2.71 bits per heavy atom. The number of rotatable bonds is 5. The molecule has 1 N–H and O–H groups in total. The molecule has 24 heavy (non-hydrogen) atoms. The normalized spacial score (nSPS) is 23.2. The van der Waals surface area contributed by atoms with Gasteiger partial charge in [-0.2, -0.15) is 0 Å². The van der Waals surface area contributed by atoms with Gasteiger partial charge in [-0.15, -0.1) is 12.4 Å². The highest BCUT2D eigenvalue weighted by atomic mass is 79.9. The molecule has 1 aromatic rings. The van der Waals surface area contributed by atoms with Crippen LogP contribution in [0.4, 0.5) is 0 Å². The van der Waals surface area contributed by atoms with Crippen molar-refractivity contribution in [3.05, 3.63) is 28.2 Å². The fourth-order valence-corrected chi connectivity index (χ4v) is 4.71. The molecular weight excluding hydrogens is 392 g/mol. The number of piperidine rings is 1. The van der Waals surface area contributed by atoms with Crippen LogP contribution < -0.4 is 10.1 Å². The third-order valence-electron chi connectivity index (χ3n) is 5.49. The summed E-state index contributed by atoms with van der Waals surface area (Å²) in [4.78, 5) is 2.58. The number of benzene rings is 1. The van der Waals surface area contributed by atoms with Crippen LogP contribution in [0.25, 0.3) is 0 Å². The van der Waals surface area contributed by atoms with Crippen LogP contribution in [0.2, 0.25) is 0 Å². The molecule has 0 bridgehead atoms. The molecule has 0 saturated carbocycles. The highest BCUT2D eigenvalue weighted by Gasteiger charge is 2.46. The molecule has 2 fully saturated rings. The molecule has 0 amide bonds. The summed E-state index contributed by atoms with van der Waals surface area (Å²) in [5, 5.41) is 3.50. The first-order valence-corrected chi connectivity index (χ1v) is 9.20. The first-order valence-electron chi connectivity index (χ1n) is 8.41. The lowest BCUT2D eigenvalue weighted by Crippen LogP contribution is -2.43. The molecule has 1 atom stereocenters. The number of hydrogen-bond donors (Lipinski definition) is 1. The van der Waals surface area contributed by atoms with Crippen molar-refractivity contribution in [1.82, 2.24) is 10.2 Å². The van der Waals surface area contributed by atoms with Gasteiger partial charge in [0.25, 0.3) is 0 Å². The molecule has 2 aliphatic heterocycles. The summed E-state index contributed by atoms with van der Waals surface area (Å²) < 4.78 is 12.2. The van der Waals surface area contributed by atoms with Crippen molar-refractivity contribution in [2.45, 2.75) is 19.4 Å². The van der Waals surface area contributed by atoms with Crippen LogP contribution in [0.15, 0.2) is 22.7 Å². The first kappa shape index (κ1) is 20.0. The van der Waals surface area contributed by atoms with Crippen molar-refractivity contribution in [1.29, 1.82) is 0 Å². The molecule has 1 aromatic carbocycles. The lowest BCUT2D eigenvalue weighted by atomic mass is 9.71. The lowest BCUT2D eigenvalue weighted by molar-refractivity contribution is 0.0716. The van der Waals surface area contributed by atoms with Gasteiger partial charge in [0.2, 0.25) is 0 Å². The quantitative estimate of drug-likeness (QED) is 0.794. The van der Waals surface area contributed by atoms with E-state index in [9.17, 15) is 0 Å². The van der Waals surface area contributed by atoms with E-state index in [0.29, 0.717) is 11.3 Å². The maximum absolute atomic E-state index is 5.54. The van der Waals surface area contributed by atoms with E-state index in [1.807, 2.05) is 19.2 Å². The van der Waals surface area contributed by atoms with E-state index >= 15 is 0 Å². The summed E-state index contributed by atoms with van der Waals surface area (Å²) in [5.41, 5.74) is 1.67. The van der Waals surface area contributed by atoms with E-state index in [1.54, 1.807) is 7.11 Å². The molecule has 4 nitrogen and oxygen atoms in total. The van der Waals surface area contributed by atoms with Crippen LogP contribution in [0.3, 0.4) is 0 Å². The van der Waals surface area contributed by atoms with Gasteiger partial charge in [0.15, 0.2) is 0 Å². The van der Waals surface area contributed by atoms with Crippen LogP contribution in [-0.2, 0) is 11.3 Å². The number of hydrogen-bond acceptors (Lipinski definition) is 4. The molecule has 1 spiro atoms. The second-order valence-electron chi connectivity index (χ2n) is 6.89. The summed E-state index contributed by atoms with van der Waals surface area (Å²) >= 11 is 3.58. The van der Waals surface area contributed by atoms with Gasteiger partial charge in [0.1, 0.15) is 5.75 Å². The maximum Gasteiger partial charge on any atom is 0.123 e. The van der Waals surface area contributed by atoms with Crippen molar-refractivity contribution in [2.75, 3.05) is 47.0 Å². The van der Waals surface area contributed by atoms with Gasteiger partial charge in [-0.05, 0) is 49.5 Å². The minimum absolute atomic E-state index is 0. The SMILES string of the molecule is COCC1CN(Cc2cc(Br)ccc2OC)CC12CCNCC2.Cl. The molecule has 2 heterocycles. The molecule has 0 aliphatic carbocycles. The van der Waals surface area contributed by atoms with Crippen LogP contribution >= 0.6 is 28.3 Å². The van der Waals surface area contributed by atoms with Crippen LogP contribution in [-0.4, -0.2) is 51.9 Å². The zero-order valence-electron chi connectivity index (χ0n) is 14.5. The average molecular weight is 420 g/mol. The Balaban J connectivity index is 0.00000208. The number of likely N-dealkylation sites (tertiary alicyclic amines) is 1. The topological polar surface area (TPSA) is 33.7 Å². The molecule has 0 radical (unpaired) electrons. The van der Waals surface area contributed by atoms with Gasteiger partial charge in [-0.25, -0.2) is 0 Å². The highest BCUT2D eigenvalue weighted by Crippen LogP contribution is 2.44. The van der Waals surface area contributed by atoms with E-state index in [0.717, 1.165) is 43.0 Å². The summed E-state index contributed by atoms with van der Waals surface area (Å²) in [6.45, 7) is 6.36. The Bertz CT molecular complexity index is 538. The molecule has 2 aliphatic rings. The first-order chi connectivity index (χ1) is 11.2. The second-order valence-corrected chi connectivity index (χ2v) is 7.81. The molecule has 1 unspecified atom stereocenters. The molecule has 0 aromatic heterocycles. The van der Waals surface area contributed by atoms with Gasteiger partial charge in [0, 0.05) is 42.7 Å². The number of ether oxygens (including phenoxy) is 2. The molecule has 2 saturated heterocycles. The van der Waals surface area contributed by atoms with Gasteiger partial charge in [-0.3, -0.25) is 4.90 Å². The number of nitrogens with zero attached hydrogens (tertiary/aromatic N) is 1. The summed E-state index contributed by atoms with van der Waals surface area (Å²) in [5.74, 6) is 1.61. The number of halogens is 2. The smallest absolute Gasteiger partial charge is 0.123 e. The summed E-state index contributed by atoms with van der Waals surface area (Å²) in [6.07, 6.45) is 2.51. The van der Waals surface area contributed by atoms with E-state index < -0.39 is 0 Å². The monoisotopic (exact) mass is 418 g/mol. The maximum atomic E-state index is 5.54. The van der Waals surface area contributed by atoms with Crippen molar-refractivity contribution >= 4 is 28.3 Å². The average Bonchev–Trinajstić information content (AvgIpc) is 2.85. The van der Waals surface area contributed by atoms with Crippen LogP contribution in [0.1, 0.15) is 18.4 Å². The zero-order chi connectivity index (χ0) is 16.3. The number of methoxy groups -OCH3 is 2. The summed E-state index contributed by atoms with van der Waals surface area (Å²) in [7, 11) is 3.58. The second kappa shape index (κ2) is 8.86. The molecule has 6 heteroatoms. The third kappa shape index (κ3) is 4.25. The van der Waals surface area contributed by atoms with Crippen molar-refractivity contribution < 1.29 is 9.47 Å². The standard InChI is InChI=1S/C18H27BrN2O2.ClH/c1-22-12-15-11-21(13-18(15)5-7-20-8-6-18)10-14-9-16(19)3-4-17(14)23-2;/h3-4,9,15,20H,5-8,10-13H2,1-2H3;1H. The molecular formula is C18H28BrClN2O2. The van der Waals surface area contributed by atoms with E-state index in [2.05, 4.69) is 32.2 Å². The summed E-state index contributed by atoms with van der Waals surface area (Å²) in [6, 6.07) is 6.26. The van der Waals surface area contributed by atoms with E-state index in [1.165, 1.54) is 24.9 Å². The van der Waals surface area contributed by atoms with E-state index in [-0.39, 0.29) is 12.4 Å². The lowest BCUT2D eigenvalue weighted by Gasteiger charge is -2.38. The molecule has 136 valence electrons. The fraction of sp³-hybridized carbons (Fsp3) is 0.667. The predicted molar refractivity (Wildman–Crippen MR) is 103 cm³/mol. The minimum Gasteiger partial charge on any atom is -0.496 e. The van der Waals surface area contributed by atoms with Crippen LogP contribution in [0, 0.1) is 11.3 Å². The van der Waals surface area contributed by atoms with Gasteiger partial charge < -0.3 is 14.8 Å². The van der Waals surface area contributed by atoms with Gasteiger partial charge >= 0.3 is 0 Å². The van der Waals surface area contributed by atoms with E-state index in [4.69, 9.17) is 9.47 Å². The van der Waals surface area contributed by atoms with Crippen molar-refractivity contribution in [2.24, 2.45) is 11.3 Å². The van der Waals surface area contributed by atoms with Gasteiger partial charge in [0.05, 0.1) is 13.7 Å². The molecule has 3 rings (SSSR count). The Hall–Kier alpha value is -0.330. The Morgan fingerprint density at radius 2 is 2.04 bits per heavy atom. The Kier molecular flexibility index (Phi) is 7.38. The fourth-order valence-electron chi connectivity index (χ4n) is 4.30. The largest absolute Gasteiger partial charge is 0.496 e. The minimum atomic E-state index is 0. The van der Waals surface area contributed by atoms with Crippen molar-refractivity contribution in [3.8, 4) is 5.75 Å². The zero-order valence-corrected chi connectivity index (χ0v) is 16.9. The highest BCUT2D eigenvalue weighted by molar-refractivity contribution is 9.10. The Morgan fingerprint density at radius 1 is 1.29 bits per heavy atom. The van der Waals surface area contributed by atoms with Gasteiger partial charge in [-0.1, -0.05) is 15.9 Å². The van der Waals surface area contributed by atoms with Crippen molar-refractivity contribution in [3.63, 3.8) is 0 Å². The Labute approximate surface area is 159 Å².